The first kappa shape index (κ1) is 18.7. The fraction of sp³-hybridized carbons (Fsp3) is 0.647. The van der Waals surface area contributed by atoms with E-state index in [1.165, 1.54) is 0 Å². The van der Waals surface area contributed by atoms with Crippen molar-refractivity contribution >= 4 is 5.97 Å². The number of aromatic nitrogens is 1. The summed E-state index contributed by atoms with van der Waals surface area (Å²) in [5, 5.41) is 0. The van der Waals surface area contributed by atoms with Gasteiger partial charge in [0.25, 0.3) is 0 Å². The molecule has 1 aliphatic carbocycles. The van der Waals surface area contributed by atoms with Crippen molar-refractivity contribution in [1.82, 2.24) is 4.98 Å². The largest absolute Gasteiger partial charge is 0.522 e. The molecule has 0 amide bonds. The van der Waals surface area contributed by atoms with Gasteiger partial charge in [-0.3, -0.25) is 14.5 Å². The molecule has 7 heteroatoms. The third-order valence-corrected chi connectivity index (χ3v) is 4.29. The average molecular weight is 345 g/mol. The molecule has 0 atom stereocenters. The lowest BCUT2D eigenvalue weighted by molar-refractivity contribution is -0.345. The van der Waals surface area contributed by atoms with Crippen LogP contribution in [-0.4, -0.2) is 30.0 Å². The van der Waals surface area contributed by atoms with Crippen molar-refractivity contribution < 1.29 is 27.4 Å². The number of hydrogen-bond acceptors (Lipinski definition) is 4. The number of rotatable bonds is 5. The topological polar surface area (TPSA) is 48.4 Å². The standard InChI is InChI=1S/C17H22F3NO3/c1-3-23-15(22)8-13-10-21-9-11(2)16(13)12-4-6-14(7-5-12)24-17(18,19)20/h9-10,12,14H,3-8H2,1-2H3. The molecule has 1 aromatic rings. The van der Waals surface area contributed by atoms with Crippen molar-refractivity contribution in [2.24, 2.45) is 0 Å². The predicted molar refractivity (Wildman–Crippen MR) is 81.4 cm³/mol. The maximum Gasteiger partial charge on any atom is 0.522 e. The van der Waals surface area contributed by atoms with Gasteiger partial charge in [0.1, 0.15) is 0 Å². The van der Waals surface area contributed by atoms with Crippen LogP contribution in [0.2, 0.25) is 0 Å². The lowest BCUT2D eigenvalue weighted by Crippen LogP contribution is -2.28. The van der Waals surface area contributed by atoms with E-state index < -0.39 is 12.5 Å². The minimum Gasteiger partial charge on any atom is -0.466 e. The van der Waals surface area contributed by atoms with Crippen molar-refractivity contribution in [2.45, 2.75) is 64.3 Å². The number of hydrogen-bond donors (Lipinski definition) is 0. The van der Waals surface area contributed by atoms with E-state index in [0.29, 0.717) is 32.3 Å². The van der Waals surface area contributed by atoms with Crippen LogP contribution in [0.1, 0.15) is 55.2 Å². The molecule has 1 fully saturated rings. The van der Waals surface area contributed by atoms with E-state index in [1.54, 1.807) is 19.3 Å². The summed E-state index contributed by atoms with van der Waals surface area (Å²) >= 11 is 0. The number of carbonyl (C=O) groups is 1. The number of carbonyl (C=O) groups excluding carboxylic acids is 1. The van der Waals surface area contributed by atoms with Gasteiger partial charge in [0.05, 0.1) is 19.1 Å². The van der Waals surface area contributed by atoms with Crippen LogP contribution in [-0.2, 0) is 20.7 Å². The fourth-order valence-corrected chi connectivity index (χ4v) is 3.38. The summed E-state index contributed by atoms with van der Waals surface area (Å²) in [5.74, 6) is -0.203. The lowest BCUT2D eigenvalue weighted by atomic mass is 9.79. The average Bonchev–Trinajstić information content (AvgIpc) is 2.47. The quantitative estimate of drug-likeness (QED) is 0.755. The Morgan fingerprint density at radius 3 is 2.50 bits per heavy atom. The second-order valence-electron chi connectivity index (χ2n) is 6.05. The predicted octanol–water partition coefficient (Wildman–Crippen LogP) is 4.06. The first-order valence-corrected chi connectivity index (χ1v) is 8.13. The Morgan fingerprint density at radius 1 is 1.25 bits per heavy atom. The highest BCUT2D eigenvalue weighted by molar-refractivity contribution is 5.73. The maximum atomic E-state index is 12.3. The first-order valence-electron chi connectivity index (χ1n) is 8.13. The SMILES string of the molecule is CCOC(=O)Cc1cncc(C)c1C1CCC(OC(F)(F)F)CC1. The molecule has 0 aromatic carbocycles. The van der Waals surface area contributed by atoms with Gasteiger partial charge in [-0.25, -0.2) is 0 Å². The van der Waals surface area contributed by atoms with Crippen molar-refractivity contribution in [3.63, 3.8) is 0 Å². The van der Waals surface area contributed by atoms with Crippen LogP contribution in [0.3, 0.4) is 0 Å². The molecule has 2 rings (SSSR count). The van der Waals surface area contributed by atoms with E-state index in [1.807, 2.05) is 6.92 Å². The Bertz CT molecular complexity index is 567. The molecule has 0 saturated heterocycles. The molecular formula is C17H22F3NO3. The summed E-state index contributed by atoms with van der Waals surface area (Å²) in [7, 11) is 0. The van der Waals surface area contributed by atoms with E-state index in [0.717, 1.165) is 16.7 Å². The summed E-state index contributed by atoms with van der Waals surface area (Å²) < 4.78 is 46.1. The van der Waals surface area contributed by atoms with Gasteiger partial charge in [-0.2, -0.15) is 0 Å². The number of ether oxygens (including phenoxy) is 2. The third-order valence-electron chi connectivity index (χ3n) is 4.29. The number of aryl methyl sites for hydroxylation is 1. The van der Waals surface area contributed by atoms with Crippen molar-refractivity contribution in [1.29, 1.82) is 0 Å². The Hall–Kier alpha value is -1.63. The van der Waals surface area contributed by atoms with Gasteiger partial charge in [0.2, 0.25) is 0 Å². The van der Waals surface area contributed by atoms with E-state index >= 15 is 0 Å². The Labute approximate surface area is 139 Å². The maximum absolute atomic E-state index is 12.3. The smallest absolute Gasteiger partial charge is 0.466 e. The van der Waals surface area contributed by atoms with Crippen LogP contribution in [0.4, 0.5) is 13.2 Å². The molecule has 1 aliphatic rings. The van der Waals surface area contributed by atoms with Crippen LogP contribution in [0.5, 0.6) is 0 Å². The Morgan fingerprint density at radius 2 is 1.92 bits per heavy atom. The molecule has 4 nitrogen and oxygen atoms in total. The minimum atomic E-state index is -4.58. The van der Waals surface area contributed by atoms with Crippen molar-refractivity contribution in [3.05, 3.63) is 29.1 Å². The first-order chi connectivity index (χ1) is 11.3. The molecule has 1 saturated carbocycles. The molecule has 0 bridgehead atoms. The summed E-state index contributed by atoms with van der Waals surface area (Å²) in [6.07, 6.45) is 0.0470. The molecule has 0 spiro atoms. The molecular weight excluding hydrogens is 323 g/mol. The number of nitrogens with zero attached hydrogens (tertiary/aromatic N) is 1. The number of alkyl halides is 3. The second kappa shape index (κ2) is 7.96. The zero-order chi connectivity index (χ0) is 17.7. The minimum absolute atomic E-state index is 0.116. The summed E-state index contributed by atoms with van der Waals surface area (Å²) in [6.45, 7) is 3.97. The van der Waals surface area contributed by atoms with Crippen LogP contribution in [0.25, 0.3) is 0 Å². The van der Waals surface area contributed by atoms with E-state index in [2.05, 4.69) is 9.72 Å². The Balaban J connectivity index is 2.08. The number of pyridine rings is 1. The zero-order valence-corrected chi connectivity index (χ0v) is 13.9. The number of halogens is 3. The van der Waals surface area contributed by atoms with Gasteiger partial charge in [0.15, 0.2) is 0 Å². The molecule has 0 unspecified atom stereocenters. The van der Waals surface area contributed by atoms with Crippen LogP contribution in [0.15, 0.2) is 12.4 Å². The van der Waals surface area contributed by atoms with Crippen molar-refractivity contribution in [2.75, 3.05) is 6.61 Å². The fourth-order valence-electron chi connectivity index (χ4n) is 3.38. The third kappa shape index (κ3) is 5.19. The number of esters is 1. The van der Waals surface area contributed by atoms with Gasteiger partial charge in [0, 0.05) is 12.4 Å². The molecule has 24 heavy (non-hydrogen) atoms. The normalized spacial score (nSPS) is 21.5. The van der Waals surface area contributed by atoms with Crippen LogP contribution >= 0.6 is 0 Å². The van der Waals surface area contributed by atoms with E-state index in [-0.39, 0.29) is 18.3 Å². The molecule has 0 N–H and O–H groups in total. The second-order valence-corrected chi connectivity index (χ2v) is 6.05. The van der Waals surface area contributed by atoms with E-state index in [4.69, 9.17) is 4.74 Å². The van der Waals surface area contributed by atoms with Gasteiger partial charge >= 0.3 is 12.3 Å². The lowest BCUT2D eigenvalue weighted by Gasteiger charge is -2.31. The summed E-state index contributed by atoms with van der Waals surface area (Å²) in [4.78, 5) is 15.9. The molecule has 0 aliphatic heterocycles. The summed E-state index contributed by atoms with van der Waals surface area (Å²) in [5.41, 5.74) is 2.77. The molecule has 1 heterocycles. The van der Waals surface area contributed by atoms with Crippen LogP contribution < -0.4 is 0 Å². The highest BCUT2D eigenvalue weighted by Gasteiger charge is 2.36. The van der Waals surface area contributed by atoms with Gasteiger partial charge in [-0.1, -0.05) is 0 Å². The van der Waals surface area contributed by atoms with Gasteiger partial charge in [-0.15, -0.1) is 13.2 Å². The van der Waals surface area contributed by atoms with Gasteiger partial charge in [-0.05, 0) is 62.1 Å². The van der Waals surface area contributed by atoms with Gasteiger partial charge < -0.3 is 4.74 Å². The summed E-state index contributed by atoms with van der Waals surface area (Å²) in [6, 6.07) is 0. The van der Waals surface area contributed by atoms with Crippen molar-refractivity contribution in [3.8, 4) is 0 Å². The van der Waals surface area contributed by atoms with E-state index in [9.17, 15) is 18.0 Å². The monoisotopic (exact) mass is 345 g/mol. The van der Waals surface area contributed by atoms with Crippen LogP contribution in [0, 0.1) is 6.92 Å². The highest BCUT2D eigenvalue weighted by Crippen LogP contribution is 2.38. The Kier molecular flexibility index (Phi) is 6.21. The molecule has 1 aromatic heterocycles. The molecule has 134 valence electrons. The molecule has 0 radical (unpaired) electrons. The highest BCUT2D eigenvalue weighted by atomic mass is 19.4. The zero-order valence-electron chi connectivity index (χ0n) is 13.9.